The molecule has 0 N–H and O–H groups in total. The van der Waals surface area contributed by atoms with Gasteiger partial charge in [-0.15, -0.1) is 0 Å². The number of alkyl halides is 9. The monoisotopic (exact) mass is 402 g/mol. The first kappa shape index (κ1) is 21.1. The summed E-state index contributed by atoms with van der Waals surface area (Å²) in [7, 11) is -6.92. The van der Waals surface area contributed by atoms with E-state index in [1.807, 2.05) is 0 Å². The van der Waals surface area contributed by atoms with E-state index >= 15 is 0 Å². The number of hydrogen-bond donors (Lipinski definition) is 0. The lowest BCUT2D eigenvalue weighted by molar-refractivity contribution is -0.382. The normalized spacial score (nSPS) is 14.3. The third kappa shape index (κ3) is 3.41. The van der Waals surface area contributed by atoms with Crippen LogP contribution in [0.4, 0.5) is 39.5 Å². The van der Waals surface area contributed by atoms with Gasteiger partial charge in [0, 0.05) is 0 Å². The van der Waals surface area contributed by atoms with Crippen molar-refractivity contribution in [2.75, 3.05) is 0 Å². The summed E-state index contributed by atoms with van der Waals surface area (Å²) in [6, 6.07) is 3.40. The Balaban J connectivity index is 3.31. The van der Waals surface area contributed by atoms with E-state index in [4.69, 9.17) is 0 Å². The van der Waals surface area contributed by atoms with E-state index in [0.717, 1.165) is 12.1 Å². The largest absolute Gasteiger partial charge is 0.460 e. The first-order chi connectivity index (χ1) is 11.0. The standard InChI is InChI=1S/C12H7F9O3S/c1-2-7-3-5-8(6-4-7)24-25(22,23)12(20,21)10(15,16)9(13,14)11(17,18)19/h2-6H,1H2. The lowest BCUT2D eigenvalue weighted by Crippen LogP contribution is -2.63. The molecule has 0 heterocycles. The van der Waals surface area contributed by atoms with Crippen LogP contribution in [-0.4, -0.2) is 31.7 Å². The predicted octanol–water partition coefficient (Wildman–Crippen LogP) is 4.46. The fourth-order valence-electron chi connectivity index (χ4n) is 1.36. The van der Waals surface area contributed by atoms with Gasteiger partial charge in [-0.05, 0) is 17.7 Å². The minimum Gasteiger partial charge on any atom is -0.378 e. The van der Waals surface area contributed by atoms with E-state index in [0.29, 0.717) is 17.7 Å². The maximum atomic E-state index is 13.4. The number of rotatable bonds is 6. The maximum absolute atomic E-state index is 13.4. The Bertz CT molecular complexity index is 736. The summed E-state index contributed by atoms with van der Waals surface area (Å²) in [5, 5.41) is -6.89. The highest BCUT2D eigenvalue weighted by atomic mass is 32.2. The van der Waals surface area contributed by atoms with Crippen LogP contribution in [0.25, 0.3) is 6.08 Å². The Hall–Kier alpha value is -1.92. The highest BCUT2D eigenvalue weighted by Crippen LogP contribution is 2.54. The maximum Gasteiger partial charge on any atom is 0.460 e. The Kier molecular flexibility index (Phi) is 5.16. The van der Waals surface area contributed by atoms with Crippen molar-refractivity contribution in [1.29, 1.82) is 0 Å². The van der Waals surface area contributed by atoms with Crippen LogP contribution in [0.2, 0.25) is 0 Å². The molecule has 0 spiro atoms. The van der Waals surface area contributed by atoms with Crippen LogP contribution in [-0.2, 0) is 10.1 Å². The van der Waals surface area contributed by atoms with Crippen molar-refractivity contribution in [2.24, 2.45) is 0 Å². The van der Waals surface area contributed by atoms with Gasteiger partial charge in [0.15, 0.2) is 0 Å². The molecule has 0 aromatic heterocycles. The van der Waals surface area contributed by atoms with E-state index in [1.54, 1.807) is 0 Å². The molecule has 142 valence electrons. The highest BCUT2D eigenvalue weighted by Gasteiger charge is 2.86. The van der Waals surface area contributed by atoms with Gasteiger partial charge in [-0.1, -0.05) is 24.8 Å². The molecule has 0 saturated carbocycles. The van der Waals surface area contributed by atoms with Crippen LogP contribution in [0.15, 0.2) is 30.8 Å². The fourth-order valence-corrected chi connectivity index (χ4v) is 2.27. The van der Waals surface area contributed by atoms with Gasteiger partial charge in [0.1, 0.15) is 5.75 Å². The average Bonchev–Trinajstić information content (AvgIpc) is 2.45. The zero-order chi connectivity index (χ0) is 19.9. The summed E-state index contributed by atoms with van der Waals surface area (Å²) in [6.07, 6.45) is -5.92. The fraction of sp³-hybridized carbons (Fsp3) is 0.333. The topological polar surface area (TPSA) is 43.4 Å². The van der Waals surface area contributed by atoms with E-state index in [2.05, 4.69) is 10.8 Å². The molecule has 0 aliphatic rings. The quantitative estimate of drug-likeness (QED) is 0.521. The molecule has 25 heavy (non-hydrogen) atoms. The molecule has 1 aromatic rings. The van der Waals surface area contributed by atoms with Crippen molar-refractivity contribution in [3.05, 3.63) is 36.4 Å². The molecule has 0 fully saturated rings. The Morgan fingerprint density at radius 1 is 0.840 bits per heavy atom. The van der Waals surface area contributed by atoms with Gasteiger partial charge in [0.05, 0.1) is 0 Å². The molecule has 3 nitrogen and oxygen atoms in total. The van der Waals surface area contributed by atoms with E-state index in [-0.39, 0.29) is 0 Å². The summed E-state index contributed by atoms with van der Waals surface area (Å²) < 4.78 is 140. The van der Waals surface area contributed by atoms with Crippen molar-refractivity contribution >= 4 is 16.2 Å². The van der Waals surface area contributed by atoms with Crippen LogP contribution < -0.4 is 4.18 Å². The van der Waals surface area contributed by atoms with Crippen LogP contribution in [0, 0.1) is 0 Å². The van der Waals surface area contributed by atoms with Crippen molar-refractivity contribution in [1.82, 2.24) is 0 Å². The lowest BCUT2D eigenvalue weighted by atomic mass is 10.1. The molecular weight excluding hydrogens is 395 g/mol. The molecule has 0 atom stereocenters. The Morgan fingerprint density at radius 2 is 1.28 bits per heavy atom. The van der Waals surface area contributed by atoms with Crippen molar-refractivity contribution < 1.29 is 52.1 Å². The summed E-state index contributed by atoms with van der Waals surface area (Å²) in [5.74, 6) is -15.7. The van der Waals surface area contributed by atoms with E-state index < -0.39 is 39.1 Å². The van der Waals surface area contributed by atoms with Crippen molar-refractivity contribution in [3.63, 3.8) is 0 Å². The molecule has 0 radical (unpaired) electrons. The van der Waals surface area contributed by atoms with Gasteiger partial charge in [0.25, 0.3) is 0 Å². The molecule has 1 rings (SSSR count). The van der Waals surface area contributed by atoms with Crippen LogP contribution in [0.5, 0.6) is 5.75 Å². The Labute approximate surface area is 134 Å². The van der Waals surface area contributed by atoms with Crippen molar-refractivity contribution in [3.8, 4) is 5.75 Å². The third-order valence-electron chi connectivity index (χ3n) is 2.75. The zero-order valence-corrected chi connectivity index (χ0v) is 12.4. The van der Waals surface area contributed by atoms with E-state index in [1.165, 1.54) is 6.08 Å². The second-order valence-corrected chi connectivity index (χ2v) is 6.06. The second kappa shape index (κ2) is 6.11. The van der Waals surface area contributed by atoms with E-state index in [9.17, 15) is 47.9 Å². The molecule has 0 unspecified atom stereocenters. The third-order valence-corrected chi connectivity index (χ3v) is 4.05. The predicted molar refractivity (Wildman–Crippen MR) is 67.0 cm³/mol. The molecule has 0 saturated heterocycles. The number of benzene rings is 1. The second-order valence-electron chi connectivity index (χ2n) is 4.47. The molecule has 1 aromatic carbocycles. The number of halogens is 9. The molecule has 13 heteroatoms. The van der Waals surface area contributed by atoms with Crippen LogP contribution >= 0.6 is 0 Å². The SMILES string of the molecule is C=Cc1ccc(OS(=O)(=O)C(F)(F)C(F)(F)C(F)(F)C(F)(F)F)cc1. The Morgan fingerprint density at radius 3 is 1.64 bits per heavy atom. The van der Waals surface area contributed by atoms with Gasteiger partial charge >= 0.3 is 33.4 Å². The summed E-state index contributed by atoms with van der Waals surface area (Å²) in [4.78, 5) is 0. The van der Waals surface area contributed by atoms with Crippen LogP contribution in [0.3, 0.4) is 0 Å². The molecule has 0 bridgehead atoms. The zero-order valence-electron chi connectivity index (χ0n) is 11.6. The number of hydrogen-bond acceptors (Lipinski definition) is 3. The highest BCUT2D eigenvalue weighted by molar-refractivity contribution is 7.88. The minimum atomic E-state index is -7.34. The summed E-state index contributed by atoms with van der Waals surface area (Å²) in [5.41, 5.74) is 0.311. The summed E-state index contributed by atoms with van der Waals surface area (Å²) >= 11 is 0. The van der Waals surface area contributed by atoms with Crippen LogP contribution in [0.1, 0.15) is 5.56 Å². The molecule has 0 aliphatic carbocycles. The first-order valence-corrected chi connectivity index (χ1v) is 7.29. The van der Waals surface area contributed by atoms with Gasteiger partial charge in [0.2, 0.25) is 0 Å². The average molecular weight is 402 g/mol. The molecular formula is C12H7F9O3S. The van der Waals surface area contributed by atoms with Crippen molar-refractivity contribution in [2.45, 2.75) is 23.3 Å². The van der Waals surface area contributed by atoms with Gasteiger partial charge < -0.3 is 4.18 Å². The van der Waals surface area contributed by atoms with Gasteiger partial charge in [-0.25, -0.2) is 0 Å². The van der Waals surface area contributed by atoms with Gasteiger partial charge in [-0.3, -0.25) is 0 Å². The lowest BCUT2D eigenvalue weighted by Gasteiger charge is -2.32. The van der Waals surface area contributed by atoms with Gasteiger partial charge in [-0.2, -0.15) is 47.9 Å². The smallest absolute Gasteiger partial charge is 0.378 e. The minimum absolute atomic E-state index is 0.311. The summed E-state index contributed by atoms with van der Waals surface area (Å²) in [6.45, 7) is 3.29. The molecule has 0 amide bonds. The first-order valence-electron chi connectivity index (χ1n) is 5.88. The molecule has 0 aliphatic heterocycles.